The predicted molar refractivity (Wildman–Crippen MR) is 88.5 cm³/mol. The van der Waals surface area contributed by atoms with Crippen LogP contribution >= 0.6 is 7.82 Å². The van der Waals surface area contributed by atoms with Crippen LogP contribution in [0.5, 0.6) is 0 Å². The molecule has 0 aliphatic carbocycles. The summed E-state index contributed by atoms with van der Waals surface area (Å²) in [5.74, 6) is -0.746. The molecule has 6 heteroatoms. The molecule has 0 saturated heterocycles. The molecule has 0 amide bonds. The Morgan fingerprint density at radius 3 is 1.95 bits per heavy atom. The first kappa shape index (κ1) is 21.4. The molecule has 0 aliphatic heterocycles. The average Bonchev–Trinajstić information content (AvgIpc) is 2.46. The van der Waals surface area contributed by atoms with Gasteiger partial charge >= 0.3 is 13.8 Å². The molecule has 0 aromatic rings. The van der Waals surface area contributed by atoms with Crippen molar-refractivity contribution in [2.24, 2.45) is 0 Å². The molecule has 5 nitrogen and oxygen atoms in total. The van der Waals surface area contributed by atoms with Gasteiger partial charge in [0.1, 0.15) is 0 Å². The number of hydrogen-bond donors (Lipinski definition) is 1. The number of unbranched alkanes of at least 4 members (excludes halogenated alkanes) is 3. The zero-order chi connectivity index (χ0) is 17.0. The highest BCUT2D eigenvalue weighted by Crippen LogP contribution is 2.44. The Bertz CT molecular complexity index is 393. The summed E-state index contributed by atoms with van der Waals surface area (Å²) in [6.45, 7) is 7.90. The van der Waals surface area contributed by atoms with Gasteiger partial charge in [-0.25, -0.2) is 9.36 Å². The minimum absolute atomic E-state index is 0.110. The first-order chi connectivity index (χ1) is 10.4. The van der Waals surface area contributed by atoms with Crippen LogP contribution in [0.4, 0.5) is 0 Å². The van der Waals surface area contributed by atoms with Crippen LogP contribution in [0, 0.1) is 0 Å². The van der Waals surface area contributed by atoms with Gasteiger partial charge in [-0.15, -0.1) is 0 Å². The molecule has 0 aromatic carbocycles. The van der Waals surface area contributed by atoms with Crippen LogP contribution in [-0.4, -0.2) is 17.5 Å². The Morgan fingerprint density at radius 2 is 1.50 bits per heavy atom. The second-order valence-electron chi connectivity index (χ2n) is 5.47. The fourth-order valence-corrected chi connectivity index (χ4v) is 2.71. The fourth-order valence-electron chi connectivity index (χ4n) is 1.95. The third kappa shape index (κ3) is 9.39. The van der Waals surface area contributed by atoms with E-state index >= 15 is 0 Å². The average molecular weight is 334 g/mol. The monoisotopic (exact) mass is 334 g/mol. The first-order valence-corrected chi connectivity index (χ1v) is 9.77. The Kier molecular flexibility index (Phi) is 11.5. The lowest BCUT2D eigenvalue weighted by atomic mass is 9.98. The number of carbonyl (C=O) groups is 1. The normalized spacial score (nSPS) is 13.5. The highest BCUT2D eigenvalue weighted by Gasteiger charge is 2.27. The van der Waals surface area contributed by atoms with Crippen molar-refractivity contribution in [2.75, 3.05) is 6.61 Å². The van der Waals surface area contributed by atoms with Crippen LogP contribution in [0.15, 0.2) is 11.1 Å². The van der Waals surface area contributed by atoms with Crippen molar-refractivity contribution < 1.29 is 23.3 Å². The molecule has 0 aliphatic rings. The van der Waals surface area contributed by atoms with Crippen molar-refractivity contribution in [1.82, 2.24) is 0 Å². The molecule has 1 N–H and O–H groups in total. The molecule has 1 atom stereocenters. The number of allylic oxidation sites excluding steroid dienone is 1. The molecule has 0 saturated carbocycles. The van der Waals surface area contributed by atoms with E-state index in [1.165, 1.54) is 0 Å². The van der Waals surface area contributed by atoms with Crippen molar-refractivity contribution >= 4 is 13.8 Å². The number of phosphoric ester groups is 1. The largest absolute Gasteiger partial charge is 0.529 e. The molecular formula is C16H31O5P. The summed E-state index contributed by atoms with van der Waals surface area (Å²) in [5, 5.41) is 0. The number of carbonyl (C=O) groups excluding carboxylic acids is 1. The second-order valence-corrected chi connectivity index (χ2v) is 6.85. The summed E-state index contributed by atoms with van der Waals surface area (Å²) in [6, 6.07) is 0. The van der Waals surface area contributed by atoms with E-state index < -0.39 is 13.8 Å². The van der Waals surface area contributed by atoms with Crippen molar-refractivity contribution in [2.45, 2.75) is 79.1 Å². The summed E-state index contributed by atoms with van der Waals surface area (Å²) in [6.07, 6.45) is 7.20. The molecule has 0 aromatic heterocycles. The predicted octanol–water partition coefficient (Wildman–Crippen LogP) is 5.14. The SMILES string of the molecule is CCCCOP(=O)(O)OC(=O)C(C)=C(CCCC)CCCC. The van der Waals surface area contributed by atoms with E-state index in [4.69, 9.17) is 4.52 Å². The lowest BCUT2D eigenvalue weighted by Crippen LogP contribution is -2.09. The quantitative estimate of drug-likeness (QED) is 0.304. The minimum Gasteiger partial charge on any atom is -0.367 e. The lowest BCUT2D eigenvalue weighted by molar-refractivity contribution is -0.131. The molecule has 0 radical (unpaired) electrons. The zero-order valence-electron chi connectivity index (χ0n) is 14.4. The van der Waals surface area contributed by atoms with Gasteiger partial charge in [-0.1, -0.05) is 45.6 Å². The van der Waals surface area contributed by atoms with Crippen LogP contribution in [0.3, 0.4) is 0 Å². The Hall–Kier alpha value is -0.640. The van der Waals surface area contributed by atoms with Gasteiger partial charge in [0.2, 0.25) is 0 Å². The number of rotatable bonds is 12. The van der Waals surface area contributed by atoms with Crippen LogP contribution in [0.2, 0.25) is 0 Å². The number of phosphoric acid groups is 1. The molecule has 0 spiro atoms. The molecule has 0 fully saturated rings. The molecule has 1 unspecified atom stereocenters. The zero-order valence-corrected chi connectivity index (χ0v) is 15.3. The van der Waals surface area contributed by atoms with E-state index in [1.807, 2.05) is 6.92 Å². The van der Waals surface area contributed by atoms with Crippen molar-refractivity contribution in [3.63, 3.8) is 0 Å². The van der Waals surface area contributed by atoms with E-state index in [9.17, 15) is 14.3 Å². The highest BCUT2D eigenvalue weighted by atomic mass is 31.2. The Labute approximate surface area is 134 Å². The molecular weight excluding hydrogens is 303 g/mol. The van der Waals surface area contributed by atoms with E-state index in [2.05, 4.69) is 18.4 Å². The smallest absolute Gasteiger partial charge is 0.367 e. The maximum Gasteiger partial charge on any atom is 0.529 e. The molecule has 130 valence electrons. The summed E-state index contributed by atoms with van der Waals surface area (Å²) in [4.78, 5) is 21.6. The summed E-state index contributed by atoms with van der Waals surface area (Å²) >= 11 is 0. The molecule has 0 rings (SSSR count). The maximum absolute atomic E-state index is 12.1. The first-order valence-electron chi connectivity index (χ1n) is 8.27. The third-order valence-corrected chi connectivity index (χ3v) is 4.36. The van der Waals surface area contributed by atoms with Crippen molar-refractivity contribution in [1.29, 1.82) is 0 Å². The maximum atomic E-state index is 12.1. The Morgan fingerprint density at radius 1 is 1.00 bits per heavy atom. The minimum atomic E-state index is -4.31. The molecule has 0 bridgehead atoms. The van der Waals surface area contributed by atoms with Crippen LogP contribution in [0.1, 0.15) is 79.1 Å². The second kappa shape index (κ2) is 11.9. The van der Waals surface area contributed by atoms with E-state index in [0.717, 1.165) is 50.5 Å². The van der Waals surface area contributed by atoms with Gasteiger partial charge in [-0.3, -0.25) is 9.42 Å². The Balaban J connectivity index is 4.79. The number of hydrogen-bond acceptors (Lipinski definition) is 4. The van der Waals surface area contributed by atoms with Gasteiger partial charge in [0.25, 0.3) is 0 Å². The van der Waals surface area contributed by atoms with Gasteiger partial charge in [0.05, 0.1) is 6.61 Å². The standard InChI is InChI=1S/C16H31O5P/c1-5-8-11-15(12-9-6-2)14(4)16(17)21-22(18,19)20-13-10-7-3/h5-13H2,1-4H3,(H,18,19). The van der Waals surface area contributed by atoms with Gasteiger partial charge in [0, 0.05) is 5.57 Å². The van der Waals surface area contributed by atoms with Crippen molar-refractivity contribution in [3.05, 3.63) is 11.1 Å². The van der Waals surface area contributed by atoms with E-state index in [0.29, 0.717) is 12.0 Å². The van der Waals surface area contributed by atoms with Gasteiger partial charge in [0.15, 0.2) is 0 Å². The van der Waals surface area contributed by atoms with E-state index in [1.54, 1.807) is 6.92 Å². The van der Waals surface area contributed by atoms with Crippen LogP contribution < -0.4 is 0 Å². The van der Waals surface area contributed by atoms with Crippen LogP contribution in [0.25, 0.3) is 0 Å². The topological polar surface area (TPSA) is 72.8 Å². The summed E-state index contributed by atoms with van der Waals surface area (Å²) < 4.78 is 21.2. The van der Waals surface area contributed by atoms with E-state index in [-0.39, 0.29) is 6.61 Å². The molecule has 0 heterocycles. The van der Waals surface area contributed by atoms with Gasteiger partial charge in [-0.2, -0.15) is 0 Å². The summed E-state index contributed by atoms with van der Waals surface area (Å²) in [5.41, 5.74) is 1.46. The highest BCUT2D eigenvalue weighted by molar-refractivity contribution is 7.48. The lowest BCUT2D eigenvalue weighted by Gasteiger charge is -2.14. The van der Waals surface area contributed by atoms with Gasteiger partial charge in [-0.05, 0) is 39.0 Å². The van der Waals surface area contributed by atoms with Crippen LogP contribution in [-0.2, 0) is 18.4 Å². The van der Waals surface area contributed by atoms with Crippen molar-refractivity contribution in [3.8, 4) is 0 Å². The van der Waals surface area contributed by atoms with Gasteiger partial charge < -0.3 is 4.52 Å². The molecule has 22 heavy (non-hydrogen) atoms. The fraction of sp³-hybridized carbons (Fsp3) is 0.812. The summed E-state index contributed by atoms with van der Waals surface area (Å²) in [7, 11) is -4.31. The third-order valence-electron chi connectivity index (χ3n) is 3.45.